The van der Waals surface area contributed by atoms with Crippen LogP contribution in [0.15, 0.2) is 5.38 Å². The molecule has 2 aliphatic heterocycles. The van der Waals surface area contributed by atoms with Crippen LogP contribution in [0.2, 0.25) is 5.02 Å². The van der Waals surface area contributed by atoms with Gasteiger partial charge >= 0.3 is 0 Å². The molecule has 0 radical (unpaired) electrons. The van der Waals surface area contributed by atoms with Crippen molar-refractivity contribution < 1.29 is 4.74 Å². The molecule has 2 aliphatic rings. The van der Waals surface area contributed by atoms with E-state index in [4.69, 9.17) is 22.1 Å². The highest BCUT2D eigenvalue weighted by Gasteiger charge is 2.42. The van der Waals surface area contributed by atoms with Crippen molar-refractivity contribution >= 4 is 34.7 Å². The van der Waals surface area contributed by atoms with Crippen molar-refractivity contribution in [3.8, 4) is 0 Å². The van der Waals surface area contributed by atoms with Crippen LogP contribution in [0.5, 0.6) is 0 Å². The fourth-order valence-corrected chi connectivity index (χ4v) is 5.92. The molecule has 0 saturated carbocycles. The van der Waals surface area contributed by atoms with Gasteiger partial charge in [-0.3, -0.25) is 0 Å². The molecule has 106 valence electrons. The average molecular weight is 318 g/mol. The quantitative estimate of drug-likeness (QED) is 0.895. The van der Waals surface area contributed by atoms with Crippen molar-refractivity contribution in [2.75, 3.05) is 18.1 Å². The van der Waals surface area contributed by atoms with E-state index in [1.807, 2.05) is 18.7 Å². The summed E-state index contributed by atoms with van der Waals surface area (Å²) in [7, 11) is 0. The van der Waals surface area contributed by atoms with Crippen LogP contribution in [0.3, 0.4) is 0 Å². The third kappa shape index (κ3) is 2.70. The van der Waals surface area contributed by atoms with Crippen LogP contribution < -0.4 is 5.73 Å². The molecule has 3 atom stereocenters. The molecule has 19 heavy (non-hydrogen) atoms. The second-order valence-electron chi connectivity index (χ2n) is 5.71. The Morgan fingerprint density at radius 1 is 1.58 bits per heavy atom. The monoisotopic (exact) mass is 317 g/mol. The van der Waals surface area contributed by atoms with Gasteiger partial charge in [0.1, 0.15) is 0 Å². The van der Waals surface area contributed by atoms with Gasteiger partial charge in [0.2, 0.25) is 0 Å². The van der Waals surface area contributed by atoms with Crippen molar-refractivity contribution in [1.82, 2.24) is 0 Å². The molecule has 1 spiro atoms. The Kier molecular flexibility index (Phi) is 4.16. The summed E-state index contributed by atoms with van der Waals surface area (Å²) >= 11 is 10.1. The number of nitrogens with two attached hydrogens (primary N) is 1. The second-order valence-corrected chi connectivity index (χ2v) is 8.10. The fourth-order valence-electron chi connectivity index (χ4n) is 3.12. The lowest BCUT2D eigenvalue weighted by atomic mass is 9.81. The van der Waals surface area contributed by atoms with Gasteiger partial charge < -0.3 is 10.5 Å². The summed E-state index contributed by atoms with van der Waals surface area (Å²) < 4.78 is 6.07. The van der Waals surface area contributed by atoms with Crippen molar-refractivity contribution in [3.05, 3.63) is 20.8 Å². The van der Waals surface area contributed by atoms with Crippen molar-refractivity contribution in [3.63, 3.8) is 0 Å². The third-order valence-electron chi connectivity index (χ3n) is 4.33. The minimum atomic E-state index is 0.0672. The number of hydrogen-bond acceptors (Lipinski definition) is 4. The summed E-state index contributed by atoms with van der Waals surface area (Å²) in [5, 5.41) is 2.98. The van der Waals surface area contributed by atoms with E-state index < -0.39 is 0 Å². The molecule has 3 heterocycles. The van der Waals surface area contributed by atoms with Crippen LogP contribution in [0.1, 0.15) is 35.7 Å². The summed E-state index contributed by atoms with van der Waals surface area (Å²) in [6.07, 6.45) is 3.33. The number of halogens is 1. The van der Waals surface area contributed by atoms with Gasteiger partial charge in [-0.15, -0.1) is 11.3 Å². The van der Waals surface area contributed by atoms with Crippen LogP contribution >= 0.6 is 34.7 Å². The van der Waals surface area contributed by atoms with Gasteiger partial charge in [-0.05, 0) is 48.8 Å². The lowest BCUT2D eigenvalue weighted by Crippen LogP contribution is -2.42. The first-order valence-corrected chi connectivity index (χ1v) is 9.23. The summed E-state index contributed by atoms with van der Waals surface area (Å²) in [6.45, 7) is 2.90. The first-order chi connectivity index (χ1) is 9.11. The maximum atomic E-state index is 6.50. The highest BCUT2D eigenvalue weighted by Crippen LogP contribution is 2.45. The Labute approximate surface area is 128 Å². The largest absolute Gasteiger partial charge is 0.374 e. The summed E-state index contributed by atoms with van der Waals surface area (Å²) in [4.78, 5) is 1.16. The highest BCUT2D eigenvalue weighted by molar-refractivity contribution is 7.99. The molecule has 3 rings (SSSR count). The second kappa shape index (κ2) is 5.57. The molecule has 0 amide bonds. The zero-order valence-corrected chi connectivity index (χ0v) is 13.5. The van der Waals surface area contributed by atoms with Crippen molar-refractivity contribution in [1.29, 1.82) is 0 Å². The Morgan fingerprint density at radius 3 is 3.05 bits per heavy atom. The smallest absolute Gasteiger partial charge is 0.0783 e. The molecular formula is C14H20ClNOS2. The van der Waals surface area contributed by atoms with E-state index in [-0.39, 0.29) is 11.6 Å². The van der Waals surface area contributed by atoms with Gasteiger partial charge in [-0.2, -0.15) is 11.8 Å². The number of ether oxygens (including phenoxy) is 1. The Balaban J connectivity index is 1.76. The topological polar surface area (TPSA) is 35.2 Å². The van der Waals surface area contributed by atoms with Gasteiger partial charge in [-0.1, -0.05) is 11.6 Å². The number of hydrogen-bond donors (Lipinski definition) is 1. The molecule has 1 aromatic rings. The molecule has 2 N–H and O–H groups in total. The minimum Gasteiger partial charge on any atom is -0.374 e. The molecule has 0 aromatic carbocycles. The molecule has 2 fully saturated rings. The lowest BCUT2D eigenvalue weighted by molar-refractivity contribution is -0.0832. The van der Waals surface area contributed by atoms with E-state index in [1.54, 1.807) is 11.3 Å². The Hall–Kier alpha value is 0.260. The van der Waals surface area contributed by atoms with Gasteiger partial charge in [0, 0.05) is 23.3 Å². The van der Waals surface area contributed by atoms with Gasteiger partial charge in [0.15, 0.2) is 0 Å². The van der Waals surface area contributed by atoms with E-state index in [1.165, 1.54) is 12.2 Å². The van der Waals surface area contributed by atoms with Crippen LogP contribution in [-0.4, -0.2) is 23.7 Å². The van der Waals surface area contributed by atoms with Gasteiger partial charge in [-0.25, -0.2) is 0 Å². The summed E-state index contributed by atoms with van der Waals surface area (Å²) in [5.74, 6) is 2.86. The Bertz CT molecular complexity index is 456. The zero-order valence-electron chi connectivity index (χ0n) is 11.2. The predicted molar refractivity (Wildman–Crippen MR) is 84.3 cm³/mol. The first-order valence-electron chi connectivity index (χ1n) is 6.82. The molecule has 0 aliphatic carbocycles. The first kappa shape index (κ1) is 14.2. The fraction of sp³-hybridized carbons (Fsp3) is 0.714. The normalized spacial score (nSPS) is 32.9. The number of thioether (sulfide) groups is 1. The van der Waals surface area contributed by atoms with E-state index in [2.05, 4.69) is 5.38 Å². The molecule has 5 heteroatoms. The van der Waals surface area contributed by atoms with Gasteiger partial charge in [0.05, 0.1) is 10.6 Å². The van der Waals surface area contributed by atoms with Crippen LogP contribution in [0.4, 0.5) is 0 Å². The number of thiophene rings is 1. The van der Waals surface area contributed by atoms with E-state index in [0.717, 1.165) is 40.7 Å². The predicted octanol–water partition coefficient (Wildman–Crippen LogP) is 4.01. The molecule has 0 bridgehead atoms. The minimum absolute atomic E-state index is 0.0672. The molecule has 2 saturated heterocycles. The lowest BCUT2D eigenvalue weighted by Gasteiger charge is -2.39. The maximum absolute atomic E-state index is 6.50. The number of rotatable bonds is 2. The van der Waals surface area contributed by atoms with Crippen molar-refractivity contribution in [2.45, 2.75) is 37.8 Å². The maximum Gasteiger partial charge on any atom is 0.0783 e. The van der Waals surface area contributed by atoms with Crippen LogP contribution in [-0.2, 0) is 4.74 Å². The molecular weight excluding hydrogens is 298 g/mol. The van der Waals surface area contributed by atoms with Gasteiger partial charge in [0.25, 0.3) is 0 Å². The summed E-state index contributed by atoms with van der Waals surface area (Å²) in [6, 6.07) is 0.0672. The highest BCUT2D eigenvalue weighted by atomic mass is 35.5. The molecule has 1 aromatic heterocycles. The summed E-state index contributed by atoms with van der Waals surface area (Å²) in [5.41, 5.74) is 7.75. The number of aryl methyl sites for hydroxylation is 1. The van der Waals surface area contributed by atoms with Crippen molar-refractivity contribution in [2.24, 2.45) is 11.7 Å². The third-order valence-corrected chi connectivity index (χ3v) is 7.37. The Morgan fingerprint density at radius 2 is 2.42 bits per heavy atom. The molecule has 2 nitrogen and oxygen atoms in total. The molecule has 3 unspecified atom stereocenters. The SMILES string of the molecule is Cc1csc(C(N)C2CCOC3(CCSC3)C2)c1Cl. The van der Waals surface area contributed by atoms with E-state index in [9.17, 15) is 0 Å². The van der Waals surface area contributed by atoms with E-state index in [0.29, 0.717) is 5.92 Å². The standard InChI is InChI=1S/C14H20ClNOS2/c1-9-7-19-13(11(9)15)12(16)10-2-4-17-14(6-10)3-5-18-8-14/h7,10,12H,2-6,8,16H2,1H3. The zero-order chi connectivity index (χ0) is 13.5. The average Bonchev–Trinajstić information content (AvgIpc) is 2.98. The van der Waals surface area contributed by atoms with Crippen LogP contribution in [0, 0.1) is 12.8 Å². The van der Waals surface area contributed by atoms with E-state index >= 15 is 0 Å². The van der Waals surface area contributed by atoms with Crippen LogP contribution in [0.25, 0.3) is 0 Å².